The van der Waals surface area contributed by atoms with Crippen LogP contribution in [0.15, 0.2) is 6.33 Å². The highest BCUT2D eigenvalue weighted by atomic mass is 16.3. The summed E-state index contributed by atoms with van der Waals surface area (Å²) in [5, 5.41) is 26.5. The summed E-state index contributed by atoms with van der Waals surface area (Å²) < 4.78 is 1.68. The Kier molecular flexibility index (Phi) is 3.00. The zero-order chi connectivity index (χ0) is 17.2. The van der Waals surface area contributed by atoms with Crippen LogP contribution in [-0.2, 0) is 4.79 Å². The molecule has 0 saturated heterocycles. The van der Waals surface area contributed by atoms with Crippen molar-refractivity contribution in [3.8, 4) is 0 Å². The summed E-state index contributed by atoms with van der Waals surface area (Å²) >= 11 is 0. The Hall–Kier alpha value is -2.46. The van der Waals surface area contributed by atoms with Crippen molar-refractivity contribution in [3.63, 3.8) is 0 Å². The topological polar surface area (TPSA) is 151 Å². The number of amides is 1. The van der Waals surface area contributed by atoms with Gasteiger partial charge < -0.3 is 31.1 Å². The Morgan fingerprint density at radius 2 is 2.17 bits per heavy atom. The summed E-state index contributed by atoms with van der Waals surface area (Å²) in [5.41, 5.74) is 5.79. The summed E-state index contributed by atoms with van der Waals surface area (Å²) in [6, 6.07) is -0.499. The maximum atomic E-state index is 12.2. The molecule has 1 amide bonds. The summed E-state index contributed by atoms with van der Waals surface area (Å²) in [7, 11) is 3.23. The van der Waals surface area contributed by atoms with E-state index < -0.39 is 23.7 Å². The second-order valence-electron chi connectivity index (χ2n) is 6.36. The Bertz CT molecular complexity index is 837. The number of aliphatic hydroxyl groups is 2. The molecular formula is C14H19N7O3. The van der Waals surface area contributed by atoms with Gasteiger partial charge in [-0.2, -0.15) is 9.97 Å². The van der Waals surface area contributed by atoms with E-state index in [0.717, 1.165) is 0 Å². The lowest BCUT2D eigenvalue weighted by molar-refractivity contribution is -0.132. The van der Waals surface area contributed by atoms with Crippen LogP contribution in [0, 0.1) is 11.3 Å². The van der Waals surface area contributed by atoms with Crippen molar-refractivity contribution in [1.29, 1.82) is 0 Å². The van der Waals surface area contributed by atoms with Crippen LogP contribution in [0.25, 0.3) is 11.2 Å². The highest BCUT2D eigenvalue weighted by Crippen LogP contribution is 2.67. The third-order valence-corrected chi connectivity index (χ3v) is 5.32. The average molecular weight is 333 g/mol. The lowest BCUT2D eigenvalue weighted by Gasteiger charge is -2.23. The summed E-state index contributed by atoms with van der Waals surface area (Å²) in [5.74, 6) is 0.123. The van der Waals surface area contributed by atoms with Gasteiger partial charge in [-0.05, 0) is 6.42 Å². The van der Waals surface area contributed by atoms with E-state index in [1.165, 1.54) is 7.05 Å². The van der Waals surface area contributed by atoms with Crippen LogP contribution >= 0.6 is 0 Å². The summed E-state index contributed by atoms with van der Waals surface area (Å²) in [4.78, 5) is 24.8. The van der Waals surface area contributed by atoms with Crippen molar-refractivity contribution < 1.29 is 15.0 Å². The zero-order valence-electron chi connectivity index (χ0n) is 13.3. The first-order valence-corrected chi connectivity index (χ1v) is 7.71. The van der Waals surface area contributed by atoms with E-state index >= 15 is 0 Å². The third kappa shape index (κ3) is 1.66. The van der Waals surface area contributed by atoms with Gasteiger partial charge in [0.05, 0.1) is 23.9 Å². The van der Waals surface area contributed by atoms with Crippen LogP contribution in [0.5, 0.6) is 0 Å². The molecule has 0 unspecified atom stereocenters. The molecule has 2 heterocycles. The van der Waals surface area contributed by atoms with E-state index in [0.29, 0.717) is 23.4 Å². The first kappa shape index (κ1) is 15.1. The molecule has 0 aliphatic heterocycles. The molecule has 0 spiro atoms. The number of carbonyl (C=O) groups is 1. The fourth-order valence-corrected chi connectivity index (χ4v) is 4.11. The van der Waals surface area contributed by atoms with Crippen LogP contribution < -0.4 is 16.4 Å². The standard InChI is InChI=1S/C14H19N7O3/c1-16-10-6-11(20-13(15)19-10)21(4-18-6)7-5-3-14(5,12(24)17-2)9(23)8(7)22/h4-5,7-9,22-23H,3H2,1-2H3,(H,17,24)(H3,15,16,19,20)/t5-,7+,8-,9-,14+/m0/s1. The Labute approximate surface area is 137 Å². The number of imidazole rings is 1. The third-order valence-electron chi connectivity index (χ3n) is 5.32. The molecule has 10 heteroatoms. The number of hydrogen-bond acceptors (Lipinski definition) is 8. The van der Waals surface area contributed by atoms with E-state index in [1.54, 1.807) is 17.9 Å². The van der Waals surface area contributed by atoms with Crippen molar-refractivity contribution in [3.05, 3.63) is 6.33 Å². The first-order chi connectivity index (χ1) is 11.5. The van der Waals surface area contributed by atoms with E-state index in [1.807, 2.05) is 0 Å². The van der Waals surface area contributed by atoms with Gasteiger partial charge in [-0.25, -0.2) is 4.98 Å². The fraction of sp³-hybridized carbons (Fsp3) is 0.571. The Morgan fingerprint density at radius 1 is 1.42 bits per heavy atom. The lowest BCUT2D eigenvalue weighted by Crippen LogP contribution is -2.41. The minimum Gasteiger partial charge on any atom is -0.389 e. The monoisotopic (exact) mass is 333 g/mol. The second kappa shape index (κ2) is 4.77. The number of nitrogen functional groups attached to an aromatic ring is 1. The SMILES string of the molecule is CNC(=O)[C@]12C[C@H]1[C@@H](n1cnc3c(NC)nc(N)nc31)[C@H](O)[C@@H]2O. The van der Waals surface area contributed by atoms with Gasteiger partial charge >= 0.3 is 0 Å². The number of aliphatic hydroxyl groups excluding tert-OH is 2. The number of hydrogen-bond donors (Lipinski definition) is 5. The fourth-order valence-electron chi connectivity index (χ4n) is 4.11. The smallest absolute Gasteiger partial charge is 0.229 e. The van der Waals surface area contributed by atoms with Crippen LogP contribution in [-0.4, -0.2) is 61.9 Å². The van der Waals surface area contributed by atoms with E-state index in [-0.39, 0.29) is 17.8 Å². The number of anilines is 2. The average Bonchev–Trinajstić information content (AvgIpc) is 3.12. The molecule has 24 heavy (non-hydrogen) atoms. The number of aromatic nitrogens is 4. The van der Waals surface area contributed by atoms with Gasteiger partial charge in [0.1, 0.15) is 6.10 Å². The van der Waals surface area contributed by atoms with Gasteiger partial charge in [0.25, 0.3) is 0 Å². The molecule has 4 rings (SSSR count). The maximum Gasteiger partial charge on any atom is 0.229 e. The molecule has 2 aliphatic rings. The van der Waals surface area contributed by atoms with Gasteiger partial charge in [-0.3, -0.25) is 4.79 Å². The molecule has 0 bridgehead atoms. The minimum atomic E-state index is -1.13. The van der Waals surface area contributed by atoms with Crippen LogP contribution in [0.4, 0.5) is 11.8 Å². The summed E-state index contributed by atoms with van der Waals surface area (Å²) in [6.45, 7) is 0. The number of nitrogens with one attached hydrogen (secondary N) is 2. The first-order valence-electron chi connectivity index (χ1n) is 7.71. The molecular weight excluding hydrogens is 314 g/mol. The van der Waals surface area contributed by atoms with Gasteiger partial charge in [0.2, 0.25) is 11.9 Å². The number of fused-ring (bicyclic) bond motifs is 2. The van der Waals surface area contributed by atoms with Crippen molar-refractivity contribution >= 4 is 28.8 Å². The lowest BCUT2D eigenvalue weighted by atomic mass is 9.98. The highest BCUT2D eigenvalue weighted by molar-refractivity contribution is 5.88. The van der Waals surface area contributed by atoms with Crippen molar-refractivity contribution in [1.82, 2.24) is 24.8 Å². The second-order valence-corrected chi connectivity index (χ2v) is 6.36. The Morgan fingerprint density at radius 3 is 2.83 bits per heavy atom. The van der Waals surface area contributed by atoms with Crippen molar-refractivity contribution in [2.75, 3.05) is 25.1 Å². The zero-order valence-corrected chi connectivity index (χ0v) is 13.3. The molecule has 6 N–H and O–H groups in total. The molecule has 2 aromatic heterocycles. The number of rotatable bonds is 3. The largest absolute Gasteiger partial charge is 0.389 e. The normalized spacial score (nSPS) is 34.2. The molecule has 2 saturated carbocycles. The summed E-state index contributed by atoms with van der Waals surface area (Å²) in [6.07, 6.45) is -0.173. The molecule has 2 fully saturated rings. The quantitative estimate of drug-likeness (QED) is 0.454. The van der Waals surface area contributed by atoms with E-state index in [2.05, 4.69) is 25.6 Å². The van der Waals surface area contributed by atoms with Gasteiger partial charge in [-0.15, -0.1) is 0 Å². The molecule has 2 aromatic rings. The van der Waals surface area contributed by atoms with Crippen molar-refractivity contribution in [2.24, 2.45) is 11.3 Å². The van der Waals surface area contributed by atoms with Crippen LogP contribution in [0.3, 0.4) is 0 Å². The molecule has 2 aliphatic carbocycles. The predicted octanol–water partition coefficient (Wildman–Crippen LogP) is -1.52. The predicted molar refractivity (Wildman–Crippen MR) is 84.9 cm³/mol. The minimum absolute atomic E-state index is 0.0787. The van der Waals surface area contributed by atoms with E-state index in [9.17, 15) is 15.0 Å². The maximum absolute atomic E-state index is 12.2. The molecule has 10 nitrogen and oxygen atoms in total. The van der Waals surface area contributed by atoms with E-state index in [4.69, 9.17) is 5.73 Å². The number of nitrogens with two attached hydrogens (primary N) is 1. The molecule has 128 valence electrons. The number of carbonyl (C=O) groups excluding carboxylic acids is 1. The van der Waals surface area contributed by atoms with Gasteiger partial charge in [0.15, 0.2) is 17.0 Å². The molecule has 0 radical (unpaired) electrons. The van der Waals surface area contributed by atoms with Gasteiger partial charge in [0, 0.05) is 20.0 Å². The Balaban J connectivity index is 1.82. The van der Waals surface area contributed by atoms with Crippen LogP contribution in [0.2, 0.25) is 0 Å². The molecule has 0 aromatic carbocycles. The van der Waals surface area contributed by atoms with Crippen LogP contribution in [0.1, 0.15) is 12.5 Å². The van der Waals surface area contributed by atoms with Crippen molar-refractivity contribution in [2.45, 2.75) is 24.7 Å². The van der Waals surface area contributed by atoms with Gasteiger partial charge in [-0.1, -0.05) is 0 Å². The number of nitrogens with zero attached hydrogens (tertiary/aromatic N) is 4. The highest BCUT2D eigenvalue weighted by Gasteiger charge is 2.75. The molecule has 5 atom stereocenters.